The number of aromatic nitrogens is 1. The molecule has 3 aromatic rings. The van der Waals surface area contributed by atoms with Crippen molar-refractivity contribution in [2.45, 2.75) is 25.7 Å². The number of benzene rings is 2. The molecule has 1 aliphatic carbocycles. The quantitative estimate of drug-likeness (QED) is 0.357. The van der Waals surface area contributed by atoms with Gasteiger partial charge in [0.15, 0.2) is 5.13 Å². The van der Waals surface area contributed by atoms with Crippen LogP contribution < -0.4 is 5.32 Å². The van der Waals surface area contributed by atoms with E-state index in [4.69, 9.17) is 0 Å². The molecule has 0 saturated heterocycles. The molecule has 7 heteroatoms. The first kappa shape index (κ1) is 19.0. The number of fused-ring (bicyclic) bond motifs is 1. The summed E-state index contributed by atoms with van der Waals surface area (Å²) in [6.45, 7) is 0. The summed E-state index contributed by atoms with van der Waals surface area (Å²) in [7, 11) is 0. The zero-order valence-electron chi connectivity index (χ0n) is 15.6. The Kier molecular flexibility index (Phi) is 5.48. The number of rotatable bonds is 5. The smallest absolute Gasteiger partial charge is 0.269 e. The number of non-ortho nitro benzene ring substituents is 1. The van der Waals surface area contributed by atoms with Gasteiger partial charge in [-0.3, -0.25) is 20.2 Å². The molecule has 2 aromatic carbocycles. The average molecular weight is 405 g/mol. The van der Waals surface area contributed by atoms with Gasteiger partial charge >= 0.3 is 0 Å². The molecule has 1 heterocycles. The summed E-state index contributed by atoms with van der Waals surface area (Å²) >= 11 is 1.39. The lowest BCUT2D eigenvalue weighted by Gasteiger charge is -2.16. The maximum atomic E-state index is 12.2. The number of nitrogens with zero attached hydrogens (tertiary/aromatic N) is 2. The second kappa shape index (κ2) is 8.36. The monoisotopic (exact) mass is 405 g/mol. The molecule has 1 amide bonds. The minimum atomic E-state index is -0.456. The third-order valence-electron chi connectivity index (χ3n) is 4.91. The second-order valence-corrected chi connectivity index (χ2v) is 7.76. The van der Waals surface area contributed by atoms with Gasteiger partial charge < -0.3 is 0 Å². The van der Waals surface area contributed by atoms with Gasteiger partial charge in [0, 0.05) is 29.2 Å². The third kappa shape index (κ3) is 4.57. The summed E-state index contributed by atoms with van der Waals surface area (Å²) in [5.41, 5.74) is 5.49. The van der Waals surface area contributed by atoms with Gasteiger partial charge in [-0.2, -0.15) is 0 Å². The fourth-order valence-electron chi connectivity index (χ4n) is 3.38. The molecule has 0 atom stereocenters. The van der Waals surface area contributed by atoms with Gasteiger partial charge in [-0.05, 0) is 66.6 Å². The fourth-order valence-corrected chi connectivity index (χ4v) is 4.11. The van der Waals surface area contributed by atoms with Crippen molar-refractivity contribution in [3.8, 4) is 11.3 Å². The van der Waals surface area contributed by atoms with Gasteiger partial charge in [0.1, 0.15) is 0 Å². The van der Waals surface area contributed by atoms with Crippen molar-refractivity contribution in [2.75, 3.05) is 5.32 Å². The third-order valence-corrected chi connectivity index (χ3v) is 5.67. The lowest BCUT2D eigenvalue weighted by atomic mass is 9.90. The van der Waals surface area contributed by atoms with Crippen LogP contribution in [0.2, 0.25) is 0 Å². The van der Waals surface area contributed by atoms with Gasteiger partial charge in [-0.1, -0.05) is 12.1 Å². The van der Waals surface area contributed by atoms with E-state index in [0.29, 0.717) is 10.7 Å². The Labute approximate surface area is 172 Å². The first-order chi connectivity index (χ1) is 14.1. The molecule has 146 valence electrons. The molecule has 0 spiro atoms. The Bertz CT molecular complexity index is 1090. The summed E-state index contributed by atoms with van der Waals surface area (Å²) in [5, 5.41) is 15.9. The highest BCUT2D eigenvalue weighted by Crippen LogP contribution is 2.29. The van der Waals surface area contributed by atoms with Gasteiger partial charge in [-0.25, -0.2) is 4.98 Å². The minimum Gasteiger partial charge on any atom is -0.298 e. The summed E-state index contributed by atoms with van der Waals surface area (Å²) in [5.74, 6) is -0.297. The molecule has 0 saturated carbocycles. The number of anilines is 1. The van der Waals surface area contributed by atoms with E-state index in [1.165, 1.54) is 53.5 Å². The van der Waals surface area contributed by atoms with Gasteiger partial charge in [-0.15, -0.1) is 11.3 Å². The molecule has 0 bridgehead atoms. The van der Waals surface area contributed by atoms with Crippen molar-refractivity contribution < 1.29 is 9.72 Å². The van der Waals surface area contributed by atoms with E-state index in [0.717, 1.165) is 24.1 Å². The maximum Gasteiger partial charge on any atom is 0.269 e. The average Bonchev–Trinajstić information content (AvgIpc) is 3.20. The Morgan fingerprint density at radius 3 is 2.62 bits per heavy atom. The van der Waals surface area contributed by atoms with E-state index in [1.54, 1.807) is 18.2 Å². The van der Waals surface area contributed by atoms with E-state index in [1.807, 2.05) is 5.38 Å². The summed E-state index contributed by atoms with van der Waals surface area (Å²) < 4.78 is 0. The number of aryl methyl sites for hydroxylation is 2. The largest absolute Gasteiger partial charge is 0.298 e. The molecule has 0 radical (unpaired) electrons. The number of thiazole rings is 1. The van der Waals surface area contributed by atoms with Crippen LogP contribution in [-0.2, 0) is 17.6 Å². The number of carbonyl (C=O) groups is 1. The highest BCUT2D eigenvalue weighted by molar-refractivity contribution is 7.14. The van der Waals surface area contributed by atoms with E-state index in [9.17, 15) is 14.9 Å². The highest BCUT2D eigenvalue weighted by Gasteiger charge is 2.12. The lowest BCUT2D eigenvalue weighted by molar-refractivity contribution is -0.384. The number of nitrogens with one attached hydrogen (secondary N) is 1. The summed E-state index contributed by atoms with van der Waals surface area (Å²) in [4.78, 5) is 26.9. The van der Waals surface area contributed by atoms with Crippen LogP contribution in [-0.4, -0.2) is 15.8 Å². The van der Waals surface area contributed by atoms with Gasteiger partial charge in [0.25, 0.3) is 5.69 Å². The number of carbonyl (C=O) groups excluding carboxylic acids is 1. The molecule has 0 unspecified atom stereocenters. The van der Waals surface area contributed by atoms with Crippen LogP contribution in [0.4, 0.5) is 10.8 Å². The highest BCUT2D eigenvalue weighted by atomic mass is 32.1. The molecule has 6 nitrogen and oxygen atoms in total. The van der Waals surface area contributed by atoms with Crippen molar-refractivity contribution >= 4 is 34.1 Å². The van der Waals surface area contributed by atoms with Gasteiger partial charge in [0.2, 0.25) is 5.91 Å². The SMILES string of the molecule is O=C(/C=C/c1ccc([N+](=O)[O-])cc1)Nc1nc(-c2ccc3c(c2)CCCC3)cs1. The van der Waals surface area contributed by atoms with Crippen LogP contribution in [0.1, 0.15) is 29.5 Å². The Morgan fingerprint density at radius 2 is 1.86 bits per heavy atom. The normalized spacial score (nSPS) is 13.2. The van der Waals surface area contributed by atoms with E-state index < -0.39 is 4.92 Å². The van der Waals surface area contributed by atoms with Crippen molar-refractivity contribution in [3.63, 3.8) is 0 Å². The topological polar surface area (TPSA) is 85.1 Å². The van der Waals surface area contributed by atoms with Crippen molar-refractivity contribution in [1.82, 2.24) is 4.98 Å². The number of nitro groups is 1. The first-order valence-corrected chi connectivity index (χ1v) is 10.3. The number of amides is 1. The van der Waals surface area contributed by atoms with Crippen LogP contribution in [0.5, 0.6) is 0 Å². The molecule has 0 aliphatic heterocycles. The van der Waals surface area contributed by atoms with Crippen LogP contribution in [0, 0.1) is 10.1 Å². The molecule has 1 N–H and O–H groups in total. The zero-order chi connectivity index (χ0) is 20.2. The number of nitro benzene ring substituents is 1. The van der Waals surface area contributed by atoms with Crippen LogP contribution in [0.15, 0.2) is 53.9 Å². The van der Waals surface area contributed by atoms with Crippen molar-refractivity contribution in [1.29, 1.82) is 0 Å². The van der Waals surface area contributed by atoms with Crippen LogP contribution >= 0.6 is 11.3 Å². The van der Waals surface area contributed by atoms with Crippen molar-refractivity contribution in [2.24, 2.45) is 0 Å². The van der Waals surface area contributed by atoms with E-state index >= 15 is 0 Å². The predicted octanol–water partition coefficient (Wildman–Crippen LogP) is 5.25. The number of hydrogen-bond donors (Lipinski definition) is 1. The summed E-state index contributed by atoms with van der Waals surface area (Å²) in [6, 6.07) is 12.5. The number of hydrogen-bond acceptors (Lipinski definition) is 5. The standard InChI is InChI=1S/C22H19N3O3S/c26-21(12-7-15-5-10-19(11-6-15)25(27)28)24-22-23-20(14-29-22)18-9-8-16-3-1-2-4-17(16)13-18/h5-14H,1-4H2,(H,23,24,26)/b12-7+. The Hall–Kier alpha value is -3.32. The Morgan fingerprint density at radius 1 is 1.10 bits per heavy atom. The fraction of sp³-hybridized carbons (Fsp3) is 0.182. The second-order valence-electron chi connectivity index (χ2n) is 6.90. The molecule has 29 heavy (non-hydrogen) atoms. The molecular weight excluding hydrogens is 386 g/mol. The first-order valence-electron chi connectivity index (χ1n) is 9.40. The van der Waals surface area contributed by atoms with Crippen LogP contribution in [0.25, 0.3) is 17.3 Å². The molecule has 4 rings (SSSR count). The molecular formula is C22H19N3O3S. The zero-order valence-corrected chi connectivity index (χ0v) is 16.4. The predicted molar refractivity (Wildman–Crippen MR) is 115 cm³/mol. The summed E-state index contributed by atoms with van der Waals surface area (Å²) in [6.07, 6.45) is 7.75. The maximum absolute atomic E-state index is 12.2. The van der Waals surface area contributed by atoms with E-state index in [2.05, 4.69) is 28.5 Å². The molecule has 1 aliphatic rings. The Balaban J connectivity index is 1.41. The van der Waals surface area contributed by atoms with Crippen LogP contribution in [0.3, 0.4) is 0 Å². The lowest BCUT2D eigenvalue weighted by Crippen LogP contribution is -2.07. The minimum absolute atomic E-state index is 0.0177. The van der Waals surface area contributed by atoms with Gasteiger partial charge in [0.05, 0.1) is 10.6 Å². The molecule has 0 fully saturated rings. The molecule has 1 aromatic heterocycles. The van der Waals surface area contributed by atoms with Crippen molar-refractivity contribution in [3.05, 3.63) is 80.7 Å². The van der Waals surface area contributed by atoms with E-state index in [-0.39, 0.29) is 11.6 Å².